The van der Waals surface area contributed by atoms with E-state index in [0.29, 0.717) is 13.1 Å². The summed E-state index contributed by atoms with van der Waals surface area (Å²) in [6.07, 6.45) is 3.58. The Hall–Kier alpha value is -2.11. The van der Waals surface area contributed by atoms with Crippen LogP contribution in [0.1, 0.15) is 24.0 Å². The SMILES string of the molecule is C=CCN1N=C(c2cccc(F)c2)S[C@@]1(CCCN)c1ccccc1. The topological polar surface area (TPSA) is 41.6 Å². The van der Waals surface area contributed by atoms with Crippen LogP contribution in [-0.2, 0) is 4.87 Å². The lowest BCUT2D eigenvalue weighted by Crippen LogP contribution is -2.38. The van der Waals surface area contributed by atoms with Gasteiger partial charge in [0.25, 0.3) is 0 Å². The fourth-order valence-electron chi connectivity index (χ4n) is 3.04. The fraction of sp³-hybridized carbons (Fsp3) is 0.250. The molecule has 2 aromatic carbocycles. The first kappa shape index (κ1) is 17.7. The highest BCUT2D eigenvalue weighted by Crippen LogP contribution is 2.50. The average Bonchev–Trinajstić information content (AvgIpc) is 3.01. The molecule has 5 heteroatoms. The molecule has 1 heterocycles. The summed E-state index contributed by atoms with van der Waals surface area (Å²) in [5.74, 6) is -0.254. The second-order valence-electron chi connectivity index (χ2n) is 5.93. The van der Waals surface area contributed by atoms with Crippen molar-refractivity contribution in [2.24, 2.45) is 10.8 Å². The van der Waals surface area contributed by atoms with Gasteiger partial charge in [-0.05, 0) is 37.1 Å². The second kappa shape index (κ2) is 7.85. The van der Waals surface area contributed by atoms with Crippen molar-refractivity contribution in [3.63, 3.8) is 0 Å². The summed E-state index contributed by atoms with van der Waals surface area (Å²) in [5.41, 5.74) is 7.76. The van der Waals surface area contributed by atoms with Crippen LogP contribution in [0.25, 0.3) is 0 Å². The largest absolute Gasteiger partial charge is 0.330 e. The molecule has 0 spiro atoms. The maximum absolute atomic E-state index is 13.7. The Bertz CT molecular complexity index is 763. The highest BCUT2D eigenvalue weighted by molar-refractivity contribution is 8.15. The van der Waals surface area contributed by atoms with Crippen molar-refractivity contribution in [1.82, 2.24) is 5.01 Å². The lowest BCUT2D eigenvalue weighted by Gasteiger charge is -2.37. The summed E-state index contributed by atoms with van der Waals surface area (Å²) in [4.78, 5) is -0.351. The summed E-state index contributed by atoms with van der Waals surface area (Å²) in [6, 6.07) is 16.9. The van der Waals surface area contributed by atoms with E-state index in [0.717, 1.165) is 23.4 Å². The van der Waals surface area contributed by atoms with Crippen LogP contribution in [0.3, 0.4) is 0 Å². The molecule has 0 unspecified atom stereocenters. The van der Waals surface area contributed by atoms with Gasteiger partial charge in [0, 0.05) is 5.56 Å². The van der Waals surface area contributed by atoms with E-state index in [-0.39, 0.29) is 10.7 Å². The van der Waals surface area contributed by atoms with Crippen LogP contribution in [0.5, 0.6) is 0 Å². The summed E-state index contributed by atoms with van der Waals surface area (Å²) in [5, 5.41) is 7.68. The summed E-state index contributed by atoms with van der Waals surface area (Å²) in [6.45, 7) is 5.10. The van der Waals surface area contributed by atoms with Crippen molar-refractivity contribution in [3.8, 4) is 0 Å². The van der Waals surface area contributed by atoms with Gasteiger partial charge in [-0.15, -0.1) is 6.58 Å². The smallest absolute Gasteiger partial charge is 0.134 e. The highest BCUT2D eigenvalue weighted by Gasteiger charge is 2.44. The molecule has 1 aliphatic rings. The molecule has 25 heavy (non-hydrogen) atoms. The summed E-state index contributed by atoms with van der Waals surface area (Å²) in [7, 11) is 0. The van der Waals surface area contributed by atoms with Gasteiger partial charge in [-0.25, -0.2) is 4.39 Å². The van der Waals surface area contributed by atoms with Crippen LogP contribution in [-0.4, -0.2) is 23.1 Å². The zero-order valence-corrected chi connectivity index (χ0v) is 14.9. The zero-order valence-electron chi connectivity index (χ0n) is 14.1. The van der Waals surface area contributed by atoms with Crippen molar-refractivity contribution in [2.75, 3.05) is 13.1 Å². The van der Waals surface area contributed by atoms with E-state index in [2.05, 4.69) is 23.7 Å². The third-order valence-corrected chi connectivity index (χ3v) is 5.71. The Morgan fingerprint density at radius 2 is 2.00 bits per heavy atom. The van der Waals surface area contributed by atoms with Gasteiger partial charge in [-0.3, -0.25) is 5.01 Å². The minimum absolute atomic E-state index is 0.254. The molecule has 1 aliphatic heterocycles. The number of hydrazone groups is 1. The van der Waals surface area contributed by atoms with Crippen LogP contribution in [0.2, 0.25) is 0 Å². The number of benzene rings is 2. The quantitative estimate of drug-likeness (QED) is 0.752. The third kappa shape index (κ3) is 3.62. The molecule has 0 radical (unpaired) electrons. The first-order chi connectivity index (χ1) is 12.2. The number of nitrogens with two attached hydrogens (primary N) is 1. The van der Waals surface area contributed by atoms with E-state index in [1.54, 1.807) is 17.8 Å². The van der Waals surface area contributed by atoms with Crippen molar-refractivity contribution in [3.05, 3.63) is 84.2 Å². The Labute approximate surface area is 152 Å². The van der Waals surface area contributed by atoms with E-state index >= 15 is 0 Å². The van der Waals surface area contributed by atoms with Crippen molar-refractivity contribution < 1.29 is 4.39 Å². The Kier molecular flexibility index (Phi) is 5.56. The number of nitrogens with zero attached hydrogens (tertiary/aromatic N) is 2. The van der Waals surface area contributed by atoms with Crippen LogP contribution >= 0.6 is 11.8 Å². The molecule has 0 fully saturated rings. The third-order valence-electron chi connectivity index (χ3n) is 4.21. The molecule has 2 N–H and O–H groups in total. The van der Waals surface area contributed by atoms with Crippen molar-refractivity contribution in [1.29, 1.82) is 0 Å². The van der Waals surface area contributed by atoms with Gasteiger partial charge < -0.3 is 5.73 Å². The lowest BCUT2D eigenvalue weighted by atomic mass is 10.0. The van der Waals surface area contributed by atoms with Crippen LogP contribution in [0.15, 0.2) is 72.4 Å². The van der Waals surface area contributed by atoms with Gasteiger partial charge in [0.15, 0.2) is 0 Å². The minimum atomic E-state index is -0.351. The van der Waals surface area contributed by atoms with Gasteiger partial charge in [-0.1, -0.05) is 60.3 Å². The van der Waals surface area contributed by atoms with Crippen molar-refractivity contribution >= 4 is 16.8 Å². The van der Waals surface area contributed by atoms with Gasteiger partial charge in [0.05, 0.1) is 6.54 Å². The molecule has 0 bridgehead atoms. The number of thioether (sulfide) groups is 1. The molecular weight excluding hydrogens is 333 g/mol. The Morgan fingerprint density at radius 1 is 1.20 bits per heavy atom. The van der Waals surface area contributed by atoms with Crippen LogP contribution < -0.4 is 5.73 Å². The molecule has 3 rings (SSSR count). The predicted molar refractivity (Wildman–Crippen MR) is 104 cm³/mol. The van der Waals surface area contributed by atoms with Gasteiger partial charge in [0.2, 0.25) is 0 Å². The molecule has 0 aliphatic carbocycles. The number of hydrogen-bond donors (Lipinski definition) is 1. The average molecular weight is 355 g/mol. The number of halogens is 1. The normalized spacial score (nSPS) is 19.8. The maximum atomic E-state index is 13.7. The van der Waals surface area contributed by atoms with E-state index in [1.165, 1.54) is 17.7 Å². The first-order valence-corrected chi connectivity index (χ1v) is 9.19. The van der Waals surface area contributed by atoms with E-state index < -0.39 is 0 Å². The van der Waals surface area contributed by atoms with E-state index in [1.807, 2.05) is 30.3 Å². The first-order valence-electron chi connectivity index (χ1n) is 8.37. The molecule has 0 saturated carbocycles. The molecular formula is C20H22FN3S. The molecule has 3 nitrogen and oxygen atoms in total. The number of rotatable bonds is 7. The number of hydrogen-bond acceptors (Lipinski definition) is 4. The predicted octanol–water partition coefficient (Wildman–Crippen LogP) is 4.31. The minimum Gasteiger partial charge on any atom is -0.330 e. The molecule has 0 amide bonds. The van der Waals surface area contributed by atoms with Crippen LogP contribution in [0.4, 0.5) is 4.39 Å². The molecule has 2 aromatic rings. The lowest BCUT2D eigenvalue weighted by molar-refractivity contribution is 0.190. The monoisotopic (exact) mass is 355 g/mol. The molecule has 0 aromatic heterocycles. The Morgan fingerprint density at radius 3 is 2.68 bits per heavy atom. The fourth-order valence-corrected chi connectivity index (χ4v) is 4.47. The zero-order chi connectivity index (χ0) is 17.7. The molecule has 130 valence electrons. The van der Waals surface area contributed by atoms with Gasteiger partial charge in [0.1, 0.15) is 15.7 Å². The summed E-state index contributed by atoms with van der Waals surface area (Å²) >= 11 is 1.67. The highest BCUT2D eigenvalue weighted by atomic mass is 32.2. The standard InChI is InChI=1S/C20H22FN3S/c1-2-14-24-20(12-7-13-22,17-9-4-3-5-10-17)25-19(23-24)16-8-6-11-18(21)15-16/h2-6,8-11,15H,1,7,12-14,22H2/t20-/m0/s1. The second-order valence-corrected chi connectivity index (χ2v) is 7.20. The van der Waals surface area contributed by atoms with Crippen LogP contribution in [0, 0.1) is 5.82 Å². The van der Waals surface area contributed by atoms with Gasteiger partial charge >= 0.3 is 0 Å². The maximum Gasteiger partial charge on any atom is 0.134 e. The summed E-state index contributed by atoms with van der Waals surface area (Å²) < 4.78 is 13.7. The van der Waals surface area contributed by atoms with Crippen molar-refractivity contribution in [2.45, 2.75) is 17.7 Å². The molecule has 1 atom stereocenters. The van der Waals surface area contributed by atoms with E-state index in [4.69, 9.17) is 10.8 Å². The van der Waals surface area contributed by atoms with Gasteiger partial charge in [-0.2, -0.15) is 5.10 Å². The van der Waals surface area contributed by atoms with E-state index in [9.17, 15) is 4.39 Å². The molecule has 0 saturated heterocycles. The Balaban J connectivity index is 2.03.